The van der Waals surface area contributed by atoms with Crippen molar-refractivity contribution in [1.82, 2.24) is 5.06 Å². The lowest BCUT2D eigenvalue weighted by atomic mass is 10.1. The number of benzene rings is 1. The maximum absolute atomic E-state index is 11.8. The molecular weight excluding hydrogens is 190 g/mol. The highest BCUT2D eigenvalue weighted by Crippen LogP contribution is 2.25. The number of nitrogens with zero attached hydrogens (tertiary/aromatic N) is 1. The summed E-state index contributed by atoms with van der Waals surface area (Å²) in [6.45, 7) is 0. The van der Waals surface area contributed by atoms with Crippen LogP contribution in [0, 0.1) is 0 Å². The predicted octanol–water partition coefficient (Wildman–Crippen LogP) is 1.65. The topological polar surface area (TPSA) is 29.5 Å². The van der Waals surface area contributed by atoms with Crippen LogP contribution in [0.5, 0.6) is 0 Å². The number of likely N-dealkylation sites (N-methyl/N-ethyl adjacent to an activating group) is 1. The molecule has 0 saturated carbocycles. The van der Waals surface area contributed by atoms with E-state index in [0.29, 0.717) is 6.42 Å². The van der Waals surface area contributed by atoms with E-state index in [2.05, 4.69) is 0 Å². The molecule has 1 amide bonds. The van der Waals surface area contributed by atoms with E-state index in [-0.39, 0.29) is 5.91 Å². The Balaban J connectivity index is 2.21. The van der Waals surface area contributed by atoms with Crippen LogP contribution in [0.1, 0.15) is 11.1 Å². The Kier molecular flexibility index (Phi) is 2.56. The van der Waals surface area contributed by atoms with Crippen LogP contribution in [-0.4, -0.2) is 25.1 Å². The molecule has 1 aromatic rings. The molecule has 78 valence electrons. The Morgan fingerprint density at radius 2 is 2.13 bits per heavy atom. The normalized spacial score (nSPS) is 13.3. The smallest absolute Gasteiger partial charge is 0.273 e. The Hall–Kier alpha value is -1.61. The minimum atomic E-state index is -0.0753. The second-order valence-electron chi connectivity index (χ2n) is 3.53. The molecule has 1 aliphatic carbocycles. The molecule has 0 unspecified atom stereocenters. The summed E-state index contributed by atoms with van der Waals surface area (Å²) in [5.74, 6) is -0.0753. The maximum atomic E-state index is 11.8. The lowest BCUT2D eigenvalue weighted by molar-refractivity contribution is -0.163. The quantitative estimate of drug-likeness (QED) is 0.684. The molecule has 0 saturated heterocycles. The molecular formula is C12H13NO2. The summed E-state index contributed by atoms with van der Waals surface area (Å²) in [6.07, 6.45) is 2.62. The highest BCUT2D eigenvalue weighted by molar-refractivity contribution is 5.99. The van der Waals surface area contributed by atoms with Crippen LogP contribution in [0.15, 0.2) is 29.8 Å². The fraction of sp³-hybridized carbons (Fsp3) is 0.250. The number of amides is 1. The van der Waals surface area contributed by atoms with Crippen LogP contribution < -0.4 is 0 Å². The molecule has 2 rings (SSSR count). The van der Waals surface area contributed by atoms with Gasteiger partial charge in [0, 0.05) is 19.0 Å². The van der Waals surface area contributed by atoms with E-state index in [4.69, 9.17) is 4.84 Å². The van der Waals surface area contributed by atoms with Crippen molar-refractivity contribution in [3.05, 3.63) is 41.0 Å². The predicted molar refractivity (Wildman–Crippen MR) is 57.9 cm³/mol. The second-order valence-corrected chi connectivity index (χ2v) is 3.53. The molecule has 3 heteroatoms. The molecule has 0 bridgehead atoms. The number of rotatable bonds is 2. The first-order chi connectivity index (χ1) is 7.22. The van der Waals surface area contributed by atoms with Crippen molar-refractivity contribution >= 4 is 12.0 Å². The van der Waals surface area contributed by atoms with Gasteiger partial charge >= 0.3 is 0 Å². The lowest BCUT2D eigenvalue weighted by Crippen LogP contribution is -2.26. The van der Waals surface area contributed by atoms with Gasteiger partial charge in [-0.1, -0.05) is 24.3 Å². The third kappa shape index (κ3) is 1.78. The lowest BCUT2D eigenvalue weighted by Gasteiger charge is -2.13. The number of fused-ring (bicyclic) bond motifs is 1. The molecule has 0 fully saturated rings. The van der Waals surface area contributed by atoms with Gasteiger partial charge in [0.15, 0.2) is 0 Å². The van der Waals surface area contributed by atoms with E-state index in [1.165, 1.54) is 17.7 Å². The number of hydroxylamine groups is 2. The Bertz CT molecular complexity index is 423. The van der Waals surface area contributed by atoms with Crippen LogP contribution in [-0.2, 0) is 16.1 Å². The monoisotopic (exact) mass is 203 g/mol. The molecule has 1 aromatic carbocycles. The summed E-state index contributed by atoms with van der Waals surface area (Å²) in [6, 6.07) is 8.02. The third-order valence-corrected chi connectivity index (χ3v) is 2.60. The first kappa shape index (κ1) is 9.93. The van der Waals surface area contributed by atoms with Crippen molar-refractivity contribution in [3.63, 3.8) is 0 Å². The van der Waals surface area contributed by atoms with E-state index in [1.807, 2.05) is 30.3 Å². The highest BCUT2D eigenvalue weighted by atomic mass is 16.7. The van der Waals surface area contributed by atoms with E-state index in [0.717, 1.165) is 11.1 Å². The van der Waals surface area contributed by atoms with E-state index in [9.17, 15) is 4.79 Å². The van der Waals surface area contributed by atoms with Gasteiger partial charge in [-0.2, -0.15) is 0 Å². The summed E-state index contributed by atoms with van der Waals surface area (Å²) in [4.78, 5) is 16.6. The number of carbonyl (C=O) groups is 1. The van der Waals surface area contributed by atoms with Crippen molar-refractivity contribution < 1.29 is 9.63 Å². The molecule has 0 heterocycles. The summed E-state index contributed by atoms with van der Waals surface area (Å²) in [5, 5.41) is 1.25. The maximum Gasteiger partial charge on any atom is 0.273 e. The van der Waals surface area contributed by atoms with Gasteiger partial charge in [-0.25, -0.2) is 5.06 Å². The van der Waals surface area contributed by atoms with Crippen LogP contribution >= 0.6 is 0 Å². The van der Waals surface area contributed by atoms with E-state index < -0.39 is 0 Å². The number of hydrogen-bond donors (Lipinski definition) is 0. The van der Waals surface area contributed by atoms with Gasteiger partial charge < -0.3 is 0 Å². The van der Waals surface area contributed by atoms with Crippen LogP contribution in [0.4, 0.5) is 0 Å². The SMILES string of the molecule is CON(C)C(=O)C1=Cc2ccccc2C1. The number of carbonyl (C=O) groups excluding carboxylic acids is 1. The minimum Gasteiger partial charge on any atom is -0.274 e. The van der Waals surface area contributed by atoms with Crippen molar-refractivity contribution in [1.29, 1.82) is 0 Å². The van der Waals surface area contributed by atoms with Crippen LogP contribution in [0.3, 0.4) is 0 Å². The fourth-order valence-electron chi connectivity index (χ4n) is 1.70. The number of hydrogen-bond acceptors (Lipinski definition) is 2. The molecule has 0 aliphatic heterocycles. The Morgan fingerprint density at radius 1 is 1.40 bits per heavy atom. The second kappa shape index (κ2) is 3.87. The van der Waals surface area contributed by atoms with Gasteiger partial charge in [0.1, 0.15) is 0 Å². The van der Waals surface area contributed by atoms with Crippen molar-refractivity contribution in [3.8, 4) is 0 Å². The molecule has 0 atom stereocenters. The molecule has 0 radical (unpaired) electrons. The fourth-order valence-corrected chi connectivity index (χ4v) is 1.70. The van der Waals surface area contributed by atoms with Crippen molar-refractivity contribution in [2.75, 3.05) is 14.2 Å². The van der Waals surface area contributed by atoms with Gasteiger partial charge in [-0.3, -0.25) is 9.63 Å². The van der Waals surface area contributed by atoms with Gasteiger partial charge in [-0.15, -0.1) is 0 Å². The zero-order valence-corrected chi connectivity index (χ0v) is 8.86. The van der Waals surface area contributed by atoms with Crippen LogP contribution in [0.25, 0.3) is 6.08 Å². The first-order valence-corrected chi connectivity index (χ1v) is 4.83. The van der Waals surface area contributed by atoms with Gasteiger partial charge in [-0.05, 0) is 17.2 Å². The molecule has 0 N–H and O–H groups in total. The van der Waals surface area contributed by atoms with Gasteiger partial charge in [0.25, 0.3) is 5.91 Å². The summed E-state index contributed by atoms with van der Waals surface area (Å²) in [5.41, 5.74) is 3.11. The molecule has 3 nitrogen and oxygen atoms in total. The molecule has 1 aliphatic rings. The Labute approximate surface area is 88.9 Å². The summed E-state index contributed by atoms with van der Waals surface area (Å²) >= 11 is 0. The average Bonchev–Trinajstić information content (AvgIpc) is 2.70. The van der Waals surface area contributed by atoms with Gasteiger partial charge in [0.2, 0.25) is 0 Å². The van der Waals surface area contributed by atoms with Gasteiger partial charge in [0.05, 0.1) is 7.11 Å². The zero-order valence-electron chi connectivity index (χ0n) is 8.86. The standard InChI is InChI=1S/C12H13NO2/c1-13(15-2)12(14)11-7-9-5-3-4-6-10(9)8-11/h3-7H,8H2,1-2H3. The molecule has 15 heavy (non-hydrogen) atoms. The largest absolute Gasteiger partial charge is 0.274 e. The summed E-state index contributed by atoms with van der Waals surface area (Å²) in [7, 11) is 3.10. The summed E-state index contributed by atoms with van der Waals surface area (Å²) < 4.78 is 0. The van der Waals surface area contributed by atoms with Crippen molar-refractivity contribution in [2.24, 2.45) is 0 Å². The third-order valence-electron chi connectivity index (χ3n) is 2.60. The van der Waals surface area contributed by atoms with E-state index >= 15 is 0 Å². The minimum absolute atomic E-state index is 0.0753. The zero-order chi connectivity index (χ0) is 10.8. The van der Waals surface area contributed by atoms with Crippen LogP contribution in [0.2, 0.25) is 0 Å². The van der Waals surface area contributed by atoms with E-state index in [1.54, 1.807) is 7.05 Å². The highest BCUT2D eigenvalue weighted by Gasteiger charge is 2.20. The van der Waals surface area contributed by atoms with Crippen molar-refractivity contribution in [2.45, 2.75) is 6.42 Å². The first-order valence-electron chi connectivity index (χ1n) is 4.83. The average molecular weight is 203 g/mol. The molecule has 0 aromatic heterocycles. The molecule has 0 spiro atoms. The Morgan fingerprint density at radius 3 is 2.80 bits per heavy atom.